The van der Waals surface area contributed by atoms with Crippen molar-refractivity contribution in [2.75, 3.05) is 13.1 Å². The molecule has 1 heterocycles. The first-order valence-corrected chi connectivity index (χ1v) is 7.91. The summed E-state index contributed by atoms with van der Waals surface area (Å²) in [6, 6.07) is 6.27. The standard InChI is InChI=1S/C16H20BrNO/c17-14-6-7-16-13(8-14)9-15(19-16)11-18-10-12-4-2-1-3-5-12/h1-2,6-8,12,15,18H,3-5,9-11H2. The molecule has 0 fully saturated rings. The van der Waals surface area contributed by atoms with Crippen molar-refractivity contribution < 1.29 is 4.74 Å². The average molecular weight is 322 g/mol. The molecule has 0 bridgehead atoms. The van der Waals surface area contributed by atoms with E-state index in [-0.39, 0.29) is 0 Å². The summed E-state index contributed by atoms with van der Waals surface area (Å²) in [4.78, 5) is 0. The van der Waals surface area contributed by atoms with Crippen molar-refractivity contribution in [2.45, 2.75) is 31.8 Å². The average Bonchev–Trinajstić information content (AvgIpc) is 2.82. The number of nitrogens with one attached hydrogen (secondary N) is 1. The second-order valence-electron chi connectivity index (χ2n) is 5.50. The Bertz CT molecular complexity index is 472. The first-order chi connectivity index (χ1) is 9.31. The van der Waals surface area contributed by atoms with Crippen molar-refractivity contribution in [2.24, 2.45) is 5.92 Å². The highest BCUT2D eigenvalue weighted by molar-refractivity contribution is 9.10. The predicted molar refractivity (Wildman–Crippen MR) is 81.6 cm³/mol. The Hall–Kier alpha value is -0.800. The SMILES string of the molecule is Brc1ccc2c(c1)CC(CNCC1CC=CCC1)O2. The minimum absolute atomic E-state index is 0.295. The fourth-order valence-electron chi connectivity index (χ4n) is 2.89. The van der Waals surface area contributed by atoms with Gasteiger partial charge in [-0.05, 0) is 55.5 Å². The van der Waals surface area contributed by atoms with Crippen LogP contribution in [-0.2, 0) is 6.42 Å². The Morgan fingerprint density at radius 3 is 3.05 bits per heavy atom. The molecule has 19 heavy (non-hydrogen) atoms. The molecule has 0 saturated heterocycles. The van der Waals surface area contributed by atoms with Gasteiger partial charge in [-0.15, -0.1) is 0 Å². The molecule has 0 amide bonds. The maximum absolute atomic E-state index is 5.95. The molecule has 102 valence electrons. The van der Waals surface area contributed by atoms with Gasteiger partial charge in [0, 0.05) is 17.4 Å². The van der Waals surface area contributed by atoms with Crippen molar-refractivity contribution in [3.63, 3.8) is 0 Å². The molecule has 0 saturated carbocycles. The Morgan fingerprint density at radius 2 is 2.21 bits per heavy atom. The van der Waals surface area contributed by atoms with Crippen LogP contribution < -0.4 is 10.1 Å². The molecule has 1 aliphatic carbocycles. The summed E-state index contributed by atoms with van der Waals surface area (Å²) in [5, 5.41) is 3.58. The zero-order chi connectivity index (χ0) is 13.1. The van der Waals surface area contributed by atoms with Crippen molar-refractivity contribution in [1.29, 1.82) is 0 Å². The molecule has 1 aliphatic heterocycles. The molecule has 0 aromatic heterocycles. The summed E-state index contributed by atoms with van der Waals surface area (Å²) in [7, 11) is 0. The number of hydrogen-bond acceptors (Lipinski definition) is 2. The summed E-state index contributed by atoms with van der Waals surface area (Å²) >= 11 is 3.51. The Labute approximate surface area is 123 Å². The molecule has 3 heteroatoms. The second kappa shape index (κ2) is 6.10. The summed E-state index contributed by atoms with van der Waals surface area (Å²) < 4.78 is 7.09. The van der Waals surface area contributed by atoms with Crippen LogP contribution in [0.5, 0.6) is 5.75 Å². The van der Waals surface area contributed by atoms with Crippen LogP contribution in [0.25, 0.3) is 0 Å². The molecule has 2 atom stereocenters. The van der Waals surface area contributed by atoms with E-state index in [9.17, 15) is 0 Å². The summed E-state index contributed by atoms with van der Waals surface area (Å²) in [6.07, 6.45) is 9.72. The monoisotopic (exact) mass is 321 g/mol. The van der Waals surface area contributed by atoms with Gasteiger partial charge in [0.25, 0.3) is 0 Å². The van der Waals surface area contributed by atoms with Gasteiger partial charge < -0.3 is 10.1 Å². The Balaban J connectivity index is 1.44. The van der Waals surface area contributed by atoms with E-state index in [1.165, 1.54) is 24.8 Å². The molecule has 2 aliphatic rings. The lowest BCUT2D eigenvalue weighted by Crippen LogP contribution is -2.33. The third-order valence-corrected chi connectivity index (χ3v) is 4.44. The van der Waals surface area contributed by atoms with Crippen molar-refractivity contribution in [1.82, 2.24) is 5.32 Å². The minimum atomic E-state index is 0.295. The lowest BCUT2D eigenvalue weighted by molar-refractivity contribution is 0.224. The molecule has 2 unspecified atom stereocenters. The zero-order valence-electron chi connectivity index (χ0n) is 11.1. The number of benzene rings is 1. The van der Waals surface area contributed by atoms with E-state index in [4.69, 9.17) is 4.74 Å². The Kier molecular flexibility index (Phi) is 4.24. The van der Waals surface area contributed by atoms with Gasteiger partial charge in [0.15, 0.2) is 0 Å². The summed E-state index contributed by atoms with van der Waals surface area (Å²) in [6.45, 7) is 2.07. The number of rotatable bonds is 4. The molecule has 1 N–H and O–H groups in total. The van der Waals surface area contributed by atoms with Gasteiger partial charge in [-0.25, -0.2) is 0 Å². The zero-order valence-corrected chi connectivity index (χ0v) is 12.7. The van der Waals surface area contributed by atoms with Gasteiger partial charge in [-0.1, -0.05) is 28.1 Å². The highest BCUT2D eigenvalue weighted by Gasteiger charge is 2.22. The summed E-state index contributed by atoms with van der Waals surface area (Å²) in [5.74, 6) is 1.86. The van der Waals surface area contributed by atoms with Crippen LogP contribution in [0.1, 0.15) is 24.8 Å². The normalized spacial score (nSPS) is 25.1. The van der Waals surface area contributed by atoms with Crippen molar-refractivity contribution in [3.05, 3.63) is 40.4 Å². The molecular formula is C16H20BrNO. The van der Waals surface area contributed by atoms with E-state index < -0.39 is 0 Å². The van der Waals surface area contributed by atoms with Crippen LogP contribution in [0.15, 0.2) is 34.8 Å². The van der Waals surface area contributed by atoms with Gasteiger partial charge in [0.1, 0.15) is 11.9 Å². The van der Waals surface area contributed by atoms with Crippen molar-refractivity contribution in [3.8, 4) is 5.75 Å². The van der Waals surface area contributed by atoms with Gasteiger partial charge in [0.05, 0.1) is 0 Å². The maximum atomic E-state index is 5.95. The number of hydrogen-bond donors (Lipinski definition) is 1. The maximum Gasteiger partial charge on any atom is 0.123 e. The molecule has 0 spiro atoms. The number of halogens is 1. The molecule has 1 aromatic rings. The molecule has 1 aromatic carbocycles. The highest BCUT2D eigenvalue weighted by atomic mass is 79.9. The number of ether oxygens (including phenoxy) is 1. The van der Waals surface area contributed by atoms with Gasteiger partial charge in [0.2, 0.25) is 0 Å². The van der Waals surface area contributed by atoms with E-state index in [2.05, 4.69) is 45.5 Å². The van der Waals surface area contributed by atoms with E-state index in [1.54, 1.807) is 0 Å². The van der Waals surface area contributed by atoms with Crippen LogP contribution in [0.2, 0.25) is 0 Å². The molecule has 0 radical (unpaired) electrons. The van der Waals surface area contributed by atoms with E-state index >= 15 is 0 Å². The quantitative estimate of drug-likeness (QED) is 0.854. The second-order valence-corrected chi connectivity index (χ2v) is 6.42. The fourth-order valence-corrected chi connectivity index (χ4v) is 3.30. The van der Waals surface area contributed by atoms with Crippen molar-refractivity contribution >= 4 is 15.9 Å². The first-order valence-electron chi connectivity index (χ1n) is 7.12. The minimum Gasteiger partial charge on any atom is -0.488 e. The van der Waals surface area contributed by atoms with Crippen LogP contribution in [-0.4, -0.2) is 19.2 Å². The third-order valence-electron chi connectivity index (χ3n) is 3.95. The molecule has 3 rings (SSSR count). The first kappa shape index (κ1) is 13.2. The lowest BCUT2D eigenvalue weighted by atomic mass is 9.94. The van der Waals surface area contributed by atoms with Crippen LogP contribution in [0.3, 0.4) is 0 Å². The lowest BCUT2D eigenvalue weighted by Gasteiger charge is -2.19. The van der Waals surface area contributed by atoms with E-state index in [0.29, 0.717) is 6.10 Å². The smallest absolute Gasteiger partial charge is 0.123 e. The van der Waals surface area contributed by atoms with Gasteiger partial charge in [-0.2, -0.15) is 0 Å². The number of fused-ring (bicyclic) bond motifs is 1. The van der Waals surface area contributed by atoms with E-state index in [0.717, 1.165) is 35.7 Å². The third kappa shape index (κ3) is 3.40. The van der Waals surface area contributed by atoms with Crippen LogP contribution in [0, 0.1) is 5.92 Å². The molecule has 2 nitrogen and oxygen atoms in total. The van der Waals surface area contributed by atoms with E-state index in [1.807, 2.05) is 6.07 Å². The molecular weight excluding hydrogens is 302 g/mol. The highest BCUT2D eigenvalue weighted by Crippen LogP contribution is 2.31. The summed E-state index contributed by atoms with van der Waals surface area (Å²) in [5.41, 5.74) is 1.32. The van der Waals surface area contributed by atoms with Gasteiger partial charge >= 0.3 is 0 Å². The van der Waals surface area contributed by atoms with Gasteiger partial charge in [-0.3, -0.25) is 0 Å². The Morgan fingerprint density at radius 1 is 1.26 bits per heavy atom. The van der Waals surface area contributed by atoms with Crippen LogP contribution >= 0.6 is 15.9 Å². The predicted octanol–water partition coefficient (Wildman–Crippen LogP) is 3.70. The number of allylic oxidation sites excluding steroid dienone is 2. The largest absolute Gasteiger partial charge is 0.488 e. The fraction of sp³-hybridized carbons (Fsp3) is 0.500. The van der Waals surface area contributed by atoms with Crippen LogP contribution in [0.4, 0.5) is 0 Å². The topological polar surface area (TPSA) is 21.3 Å².